The molecule has 7 nitrogen and oxygen atoms in total. The maximum atomic E-state index is 14.0. The van der Waals surface area contributed by atoms with Crippen molar-refractivity contribution in [2.75, 3.05) is 23.7 Å². The highest BCUT2D eigenvalue weighted by atomic mass is 32.2. The van der Waals surface area contributed by atoms with Gasteiger partial charge < -0.3 is 10.2 Å². The fourth-order valence-corrected chi connectivity index (χ4v) is 4.93. The van der Waals surface area contributed by atoms with Crippen molar-refractivity contribution in [2.24, 2.45) is 5.92 Å². The molecule has 0 bridgehead atoms. The number of benzene rings is 3. The fourth-order valence-electron chi connectivity index (χ4n) is 4.08. The lowest BCUT2D eigenvalue weighted by molar-refractivity contribution is -0.140. The van der Waals surface area contributed by atoms with E-state index in [2.05, 4.69) is 5.32 Å². The van der Waals surface area contributed by atoms with Crippen LogP contribution in [0.3, 0.4) is 0 Å². The average molecular weight is 536 g/mol. The molecular formula is C30H37N3O4S. The highest BCUT2D eigenvalue weighted by molar-refractivity contribution is 7.92. The van der Waals surface area contributed by atoms with Gasteiger partial charge in [0, 0.05) is 19.5 Å². The van der Waals surface area contributed by atoms with Gasteiger partial charge in [-0.1, -0.05) is 92.2 Å². The number of hydrogen-bond donors (Lipinski definition) is 1. The van der Waals surface area contributed by atoms with Crippen molar-refractivity contribution in [3.8, 4) is 0 Å². The third-order valence-corrected chi connectivity index (χ3v) is 7.29. The van der Waals surface area contributed by atoms with E-state index >= 15 is 0 Å². The maximum Gasteiger partial charge on any atom is 0.244 e. The van der Waals surface area contributed by atoms with Crippen LogP contribution >= 0.6 is 0 Å². The van der Waals surface area contributed by atoms with E-state index in [1.807, 2.05) is 81.4 Å². The van der Waals surface area contributed by atoms with Crippen LogP contribution in [-0.4, -0.2) is 50.5 Å². The predicted octanol–water partition coefficient (Wildman–Crippen LogP) is 4.17. The standard InChI is InChI=1S/C30H37N3O4S/c1-23(2)20-31-30(35)28(19-25-11-7-5-8-12-25)32(21-26-13-9-6-10-14-26)29(34)22-33(38(4,36)37)27-17-15-24(3)16-18-27/h5-18,23,28H,19-22H2,1-4H3,(H,31,35). The van der Waals surface area contributed by atoms with Crippen molar-refractivity contribution < 1.29 is 18.0 Å². The van der Waals surface area contributed by atoms with Crippen molar-refractivity contribution >= 4 is 27.5 Å². The second-order valence-corrected chi connectivity index (χ2v) is 11.9. The van der Waals surface area contributed by atoms with Gasteiger partial charge in [0.1, 0.15) is 12.6 Å². The van der Waals surface area contributed by atoms with Gasteiger partial charge >= 0.3 is 0 Å². The van der Waals surface area contributed by atoms with E-state index in [1.54, 1.807) is 24.3 Å². The molecule has 0 saturated heterocycles. The minimum atomic E-state index is -3.77. The number of nitrogens with one attached hydrogen (secondary N) is 1. The van der Waals surface area contributed by atoms with Gasteiger partial charge in [0.15, 0.2) is 0 Å². The summed E-state index contributed by atoms with van der Waals surface area (Å²) in [6, 6.07) is 25.1. The van der Waals surface area contributed by atoms with Gasteiger partial charge in [0.05, 0.1) is 11.9 Å². The Morgan fingerprint density at radius 1 is 0.842 bits per heavy atom. The monoisotopic (exact) mass is 535 g/mol. The molecule has 3 rings (SSSR count). The minimum Gasteiger partial charge on any atom is -0.354 e. The molecule has 0 radical (unpaired) electrons. The normalized spacial score (nSPS) is 12.1. The summed E-state index contributed by atoms with van der Waals surface area (Å²) in [5.41, 5.74) is 3.12. The van der Waals surface area contributed by atoms with Gasteiger partial charge in [-0.3, -0.25) is 13.9 Å². The highest BCUT2D eigenvalue weighted by Gasteiger charge is 2.33. The molecule has 1 N–H and O–H groups in total. The molecule has 3 aromatic carbocycles. The SMILES string of the molecule is Cc1ccc(N(CC(=O)N(Cc2ccccc2)C(Cc2ccccc2)C(=O)NCC(C)C)S(C)(=O)=O)cc1. The second-order valence-electron chi connectivity index (χ2n) is 9.96. The highest BCUT2D eigenvalue weighted by Crippen LogP contribution is 2.21. The molecule has 0 saturated carbocycles. The molecule has 202 valence electrons. The number of aryl methyl sites for hydroxylation is 1. The number of nitrogens with zero attached hydrogens (tertiary/aromatic N) is 2. The van der Waals surface area contributed by atoms with Crippen molar-refractivity contribution in [1.29, 1.82) is 0 Å². The molecule has 2 amide bonds. The third kappa shape index (κ3) is 8.45. The summed E-state index contributed by atoms with van der Waals surface area (Å²) in [6.45, 7) is 6.13. The van der Waals surface area contributed by atoms with Gasteiger partial charge in [-0.2, -0.15) is 0 Å². The van der Waals surface area contributed by atoms with Crippen LogP contribution in [0.5, 0.6) is 0 Å². The van der Waals surface area contributed by atoms with Crippen LogP contribution in [0.15, 0.2) is 84.9 Å². The van der Waals surface area contributed by atoms with Crippen molar-refractivity contribution in [3.05, 3.63) is 102 Å². The Balaban J connectivity index is 2.01. The first-order valence-electron chi connectivity index (χ1n) is 12.7. The number of carbonyl (C=O) groups is 2. The molecule has 38 heavy (non-hydrogen) atoms. The smallest absolute Gasteiger partial charge is 0.244 e. The van der Waals surface area contributed by atoms with Gasteiger partial charge in [0.2, 0.25) is 21.8 Å². The molecule has 0 aromatic heterocycles. The largest absolute Gasteiger partial charge is 0.354 e. The molecule has 0 spiro atoms. The summed E-state index contributed by atoms with van der Waals surface area (Å²) < 4.78 is 26.7. The van der Waals surface area contributed by atoms with Crippen LogP contribution in [0.25, 0.3) is 0 Å². The van der Waals surface area contributed by atoms with E-state index in [9.17, 15) is 18.0 Å². The lowest BCUT2D eigenvalue weighted by Crippen LogP contribution is -2.53. The molecule has 0 heterocycles. The van der Waals surface area contributed by atoms with E-state index in [0.717, 1.165) is 27.3 Å². The minimum absolute atomic E-state index is 0.164. The second kappa shape index (κ2) is 13.2. The van der Waals surface area contributed by atoms with Crippen LogP contribution in [0.4, 0.5) is 5.69 Å². The predicted molar refractivity (Wildman–Crippen MR) is 152 cm³/mol. The van der Waals surface area contributed by atoms with Crippen LogP contribution in [0.1, 0.15) is 30.5 Å². The zero-order chi connectivity index (χ0) is 27.7. The third-order valence-electron chi connectivity index (χ3n) is 6.15. The maximum absolute atomic E-state index is 14.0. The van der Waals surface area contributed by atoms with Gasteiger partial charge in [-0.25, -0.2) is 8.42 Å². The van der Waals surface area contributed by atoms with E-state index in [-0.39, 0.29) is 18.4 Å². The van der Waals surface area contributed by atoms with Gasteiger partial charge in [-0.05, 0) is 36.1 Å². The number of carbonyl (C=O) groups excluding carboxylic acids is 2. The quantitative estimate of drug-likeness (QED) is 0.377. The topological polar surface area (TPSA) is 86.8 Å². The Morgan fingerprint density at radius 3 is 1.92 bits per heavy atom. The van der Waals surface area contributed by atoms with Crippen LogP contribution in [0.2, 0.25) is 0 Å². The Labute approximate surface area is 226 Å². The Hall–Kier alpha value is -3.65. The van der Waals surface area contributed by atoms with Crippen LogP contribution in [-0.2, 0) is 32.6 Å². The first kappa shape index (κ1) is 28.9. The van der Waals surface area contributed by atoms with Crippen molar-refractivity contribution in [3.63, 3.8) is 0 Å². The van der Waals surface area contributed by atoms with E-state index in [4.69, 9.17) is 0 Å². The van der Waals surface area contributed by atoms with Crippen LogP contribution in [0, 0.1) is 12.8 Å². The Bertz CT molecular complexity index is 1290. The summed E-state index contributed by atoms with van der Waals surface area (Å²) in [5, 5.41) is 2.98. The van der Waals surface area contributed by atoms with Crippen molar-refractivity contribution in [2.45, 2.75) is 39.8 Å². The summed E-state index contributed by atoms with van der Waals surface area (Å²) in [6.07, 6.45) is 1.38. The van der Waals surface area contributed by atoms with Crippen molar-refractivity contribution in [1.82, 2.24) is 10.2 Å². The summed E-state index contributed by atoms with van der Waals surface area (Å²) in [7, 11) is -3.77. The summed E-state index contributed by atoms with van der Waals surface area (Å²) in [5.74, 6) is -0.495. The van der Waals surface area contributed by atoms with E-state index in [0.29, 0.717) is 18.7 Å². The zero-order valence-electron chi connectivity index (χ0n) is 22.5. The number of rotatable bonds is 12. The Kier molecular flexibility index (Phi) is 10.1. The molecule has 3 aromatic rings. The lowest BCUT2D eigenvalue weighted by Gasteiger charge is -2.33. The number of amides is 2. The number of hydrogen-bond acceptors (Lipinski definition) is 4. The van der Waals surface area contributed by atoms with E-state index in [1.165, 1.54) is 4.90 Å². The first-order chi connectivity index (χ1) is 18.0. The van der Waals surface area contributed by atoms with E-state index < -0.39 is 28.5 Å². The molecule has 0 fully saturated rings. The first-order valence-corrected chi connectivity index (χ1v) is 14.6. The molecular weight excluding hydrogens is 498 g/mol. The molecule has 8 heteroatoms. The summed E-state index contributed by atoms with van der Waals surface area (Å²) >= 11 is 0. The number of sulfonamides is 1. The Morgan fingerprint density at radius 2 is 1.39 bits per heavy atom. The average Bonchev–Trinajstić information content (AvgIpc) is 2.89. The molecule has 1 atom stereocenters. The van der Waals surface area contributed by atoms with Gasteiger partial charge in [0.25, 0.3) is 0 Å². The zero-order valence-corrected chi connectivity index (χ0v) is 23.3. The molecule has 0 aliphatic rings. The van der Waals surface area contributed by atoms with Crippen LogP contribution < -0.4 is 9.62 Å². The molecule has 0 aliphatic carbocycles. The summed E-state index contributed by atoms with van der Waals surface area (Å²) in [4.78, 5) is 29.0. The molecule has 1 unspecified atom stereocenters. The van der Waals surface area contributed by atoms with Gasteiger partial charge in [-0.15, -0.1) is 0 Å². The lowest BCUT2D eigenvalue weighted by atomic mass is 10.0. The molecule has 0 aliphatic heterocycles. The number of anilines is 1. The fraction of sp³-hybridized carbons (Fsp3) is 0.333.